The van der Waals surface area contributed by atoms with E-state index < -0.39 is 0 Å². The highest BCUT2D eigenvalue weighted by molar-refractivity contribution is 5.85. The summed E-state index contributed by atoms with van der Waals surface area (Å²) >= 11 is 0. The van der Waals surface area contributed by atoms with Crippen molar-refractivity contribution < 1.29 is 0 Å². The second kappa shape index (κ2) is 7.28. The molecule has 1 aromatic carbocycles. The Kier molecular flexibility index (Phi) is 5.68. The molecule has 0 aromatic heterocycles. The maximum Gasteiger partial charge on any atom is 0.0323 e. The van der Waals surface area contributed by atoms with E-state index in [2.05, 4.69) is 34.9 Å². The van der Waals surface area contributed by atoms with Crippen LogP contribution in [0.5, 0.6) is 0 Å². The lowest BCUT2D eigenvalue weighted by molar-refractivity contribution is 0.330. The van der Waals surface area contributed by atoms with Crippen LogP contribution >= 0.6 is 12.4 Å². The topological polar surface area (TPSA) is 24.1 Å². The van der Waals surface area contributed by atoms with Gasteiger partial charge in [0.15, 0.2) is 0 Å². The van der Waals surface area contributed by atoms with Crippen molar-refractivity contribution in [2.75, 3.05) is 19.6 Å². The van der Waals surface area contributed by atoms with Crippen molar-refractivity contribution in [3.63, 3.8) is 0 Å². The Balaban J connectivity index is 0.00000133. The normalized spacial score (nSPS) is 23.5. The number of nitrogens with one attached hydrogen (secondary N) is 2. The number of hydrogen-bond donors (Lipinski definition) is 2. The van der Waals surface area contributed by atoms with Gasteiger partial charge in [-0.2, -0.15) is 0 Å². The zero-order chi connectivity index (χ0) is 12.2. The molecule has 1 aromatic rings. The zero-order valence-corrected chi connectivity index (χ0v) is 12.3. The van der Waals surface area contributed by atoms with E-state index in [4.69, 9.17) is 0 Å². The molecule has 0 spiro atoms. The maximum atomic E-state index is 3.82. The molecule has 3 heteroatoms. The molecule has 0 radical (unpaired) electrons. The van der Waals surface area contributed by atoms with Crippen molar-refractivity contribution in [1.82, 2.24) is 10.6 Å². The van der Waals surface area contributed by atoms with Crippen molar-refractivity contribution in [2.45, 2.75) is 38.1 Å². The van der Waals surface area contributed by atoms with Gasteiger partial charge in [-0.1, -0.05) is 24.3 Å². The van der Waals surface area contributed by atoms with Crippen molar-refractivity contribution in [3.05, 3.63) is 35.4 Å². The van der Waals surface area contributed by atoms with E-state index in [1.807, 2.05) is 0 Å². The molecule has 1 aliphatic heterocycles. The lowest BCUT2D eigenvalue weighted by Crippen LogP contribution is -2.35. The smallest absolute Gasteiger partial charge is 0.0323 e. The third-order valence-electron chi connectivity index (χ3n) is 4.48. The van der Waals surface area contributed by atoms with Gasteiger partial charge in [-0.25, -0.2) is 0 Å². The molecule has 1 atom stereocenters. The average molecular weight is 281 g/mol. The SMILES string of the molecule is Cl.c1ccc2c(c1)CCCC2NCC1CCNCC1. The fourth-order valence-electron chi connectivity index (χ4n) is 3.36. The predicted octanol–water partition coefficient (Wildman–Crippen LogP) is 3.08. The number of fused-ring (bicyclic) bond motifs is 1. The molecule has 0 saturated carbocycles. The van der Waals surface area contributed by atoms with Gasteiger partial charge in [-0.05, 0) is 68.8 Å². The molecule has 2 N–H and O–H groups in total. The molecule has 1 heterocycles. The van der Waals surface area contributed by atoms with Crippen LogP contribution in [0.25, 0.3) is 0 Å². The first kappa shape index (κ1) is 14.8. The van der Waals surface area contributed by atoms with Gasteiger partial charge in [-0.15, -0.1) is 12.4 Å². The fraction of sp³-hybridized carbons (Fsp3) is 0.625. The van der Waals surface area contributed by atoms with E-state index >= 15 is 0 Å². The van der Waals surface area contributed by atoms with E-state index in [0.717, 1.165) is 5.92 Å². The molecule has 2 aliphatic rings. The number of rotatable bonds is 3. The van der Waals surface area contributed by atoms with Crippen LogP contribution < -0.4 is 10.6 Å². The molecule has 1 fully saturated rings. The summed E-state index contributed by atoms with van der Waals surface area (Å²) in [7, 11) is 0. The van der Waals surface area contributed by atoms with Crippen LogP contribution in [0, 0.1) is 5.92 Å². The van der Waals surface area contributed by atoms with Gasteiger partial charge in [0.1, 0.15) is 0 Å². The van der Waals surface area contributed by atoms with Gasteiger partial charge < -0.3 is 10.6 Å². The van der Waals surface area contributed by atoms with Crippen molar-refractivity contribution in [3.8, 4) is 0 Å². The van der Waals surface area contributed by atoms with Crippen molar-refractivity contribution >= 4 is 12.4 Å². The molecule has 106 valence electrons. The van der Waals surface area contributed by atoms with Crippen LogP contribution in [0.4, 0.5) is 0 Å². The Hall–Kier alpha value is -0.570. The van der Waals surface area contributed by atoms with E-state index in [-0.39, 0.29) is 12.4 Å². The third kappa shape index (κ3) is 3.71. The Morgan fingerprint density at radius 1 is 1.11 bits per heavy atom. The number of benzene rings is 1. The highest BCUT2D eigenvalue weighted by Gasteiger charge is 2.21. The molecule has 1 saturated heterocycles. The zero-order valence-electron chi connectivity index (χ0n) is 11.5. The van der Waals surface area contributed by atoms with Crippen molar-refractivity contribution in [1.29, 1.82) is 0 Å². The molecule has 1 unspecified atom stereocenters. The number of halogens is 1. The fourth-order valence-corrected chi connectivity index (χ4v) is 3.36. The van der Waals surface area contributed by atoms with E-state index in [1.54, 1.807) is 11.1 Å². The summed E-state index contributed by atoms with van der Waals surface area (Å²) in [5.41, 5.74) is 3.12. The first-order valence-corrected chi connectivity index (χ1v) is 7.45. The van der Waals surface area contributed by atoms with Crippen LogP contribution in [-0.2, 0) is 6.42 Å². The molecule has 0 amide bonds. The molecule has 3 rings (SSSR count). The Morgan fingerprint density at radius 3 is 2.74 bits per heavy atom. The molecule has 0 bridgehead atoms. The van der Waals surface area contributed by atoms with Gasteiger partial charge >= 0.3 is 0 Å². The molecular weight excluding hydrogens is 256 g/mol. The van der Waals surface area contributed by atoms with Crippen LogP contribution in [0.3, 0.4) is 0 Å². The van der Waals surface area contributed by atoms with Crippen molar-refractivity contribution in [2.24, 2.45) is 5.92 Å². The van der Waals surface area contributed by atoms with Crippen LogP contribution in [0.2, 0.25) is 0 Å². The van der Waals surface area contributed by atoms with Gasteiger partial charge in [-0.3, -0.25) is 0 Å². The minimum absolute atomic E-state index is 0. The van der Waals surface area contributed by atoms with Gasteiger partial charge in [0.05, 0.1) is 0 Å². The monoisotopic (exact) mass is 280 g/mol. The van der Waals surface area contributed by atoms with Crippen LogP contribution in [0.1, 0.15) is 42.9 Å². The largest absolute Gasteiger partial charge is 0.317 e. The molecule has 2 nitrogen and oxygen atoms in total. The highest BCUT2D eigenvalue weighted by atomic mass is 35.5. The van der Waals surface area contributed by atoms with Gasteiger partial charge in [0.2, 0.25) is 0 Å². The summed E-state index contributed by atoms with van der Waals surface area (Å²) < 4.78 is 0. The third-order valence-corrected chi connectivity index (χ3v) is 4.48. The maximum absolute atomic E-state index is 3.82. The van der Waals surface area contributed by atoms with Crippen LogP contribution in [0.15, 0.2) is 24.3 Å². The number of piperidine rings is 1. The van der Waals surface area contributed by atoms with Crippen LogP contribution in [-0.4, -0.2) is 19.6 Å². The quantitative estimate of drug-likeness (QED) is 0.889. The van der Waals surface area contributed by atoms with Gasteiger partial charge in [0.25, 0.3) is 0 Å². The molecule has 1 aliphatic carbocycles. The minimum atomic E-state index is 0. The Morgan fingerprint density at radius 2 is 1.89 bits per heavy atom. The second-order valence-corrected chi connectivity index (χ2v) is 5.75. The lowest BCUT2D eigenvalue weighted by Gasteiger charge is -2.29. The second-order valence-electron chi connectivity index (χ2n) is 5.75. The number of aryl methyl sites for hydroxylation is 1. The average Bonchev–Trinajstić information content (AvgIpc) is 2.46. The highest BCUT2D eigenvalue weighted by Crippen LogP contribution is 2.29. The summed E-state index contributed by atoms with van der Waals surface area (Å²) in [6.07, 6.45) is 6.58. The first-order valence-electron chi connectivity index (χ1n) is 7.45. The summed E-state index contributed by atoms with van der Waals surface area (Å²) in [5.74, 6) is 0.875. The first-order chi connectivity index (χ1) is 8.93. The lowest BCUT2D eigenvalue weighted by atomic mass is 9.87. The van der Waals surface area contributed by atoms with E-state index in [0.29, 0.717) is 6.04 Å². The van der Waals surface area contributed by atoms with E-state index in [9.17, 15) is 0 Å². The minimum Gasteiger partial charge on any atom is -0.317 e. The van der Waals surface area contributed by atoms with E-state index in [1.165, 1.54) is 51.7 Å². The Bertz CT molecular complexity index is 388. The summed E-state index contributed by atoms with van der Waals surface area (Å²) in [6, 6.07) is 9.57. The standard InChI is InChI=1S/C16H24N2.ClH/c1-2-6-15-14(4-1)5-3-7-16(15)18-12-13-8-10-17-11-9-13;/h1-2,4,6,13,16-18H,3,5,7-12H2;1H. The molecular formula is C16H25ClN2. The van der Waals surface area contributed by atoms with Gasteiger partial charge in [0, 0.05) is 6.04 Å². The predicted molar refractivity (Wildman–Crippen MR) is 83.0 cm³/mol. The summed E-state index contributed by atoms with van der Waals surface area (Å²) in [5, 5.41) is 7.26. The summed E-state index contributed by atoms with van der Waals surface area (Å²) in [6.45, 7) is 3.60. The molecule has 19 heavy (non-hydrogen) atoms. The summed E-state index contributed by atoms with van der Waals surface area (Å²) in [4.78, 5) is 0. The Labute approximate surface area is 122 Å². The number of hydrogen-bond acceptors (Lipinski definition) is 2.